The zero-order valence-corrected chi connectivity index (χ0v) is 19.5. The lowest BCUT2D eigenvalue weighted by Crippen LogP contribution is -2.43. The van der Waals surface area contributed by atoms with Gasteiger partial charge in [-0.3, -0.25) is 9.59 Å². The van der Waals surface area contributed by atoms with Crippen LogP contribution in [0.4, 0.5) is 4.79 Å². The number of fused-ring (bicyclic) bond motifs is 3. The number of alkyl carbamates (subject to hydrolysis) is 1. The molecule has 8 heteroatoms. The normalized spacial score (nSPS) is 23.1. The molecule has 2 aliphatic heterocycles. The lowest BCUT2D eigenvalue weighted by atomic mass is 9.98. The van der Waals surface area contributed by atoms with Crippen LogP contribution in [0, 0.1) is 11.8 Å². The van der Waals surface area contributed by atoms with Gasteiger partial charge in [-0.1, -0.05) is 48.5 Å². The van der Waals surface area contributed by atoms with Gasteiger partial charge in [-0.2, -0.15) is 0 Å². The van der Waals surface area contributed by atoms with Crippen molar-refractivity contribution in [2.75, 3.05) is 32.8 Å². The van der Waals surface area contributed by atoms with Crippen molar-refractivity contribution >= 4 is 18.0 Å². The number of rotatable bonds is 7. The zero-order valence-electron chi connectivity index (χ0n) is 19.5. The quantitative estimate of drug-likeness (QED) is 0.633. The van der Waals surface area contributed by atoms with Gasteiger partial charge in [0.2, 0.25) is 0 Å². The topological polar surface area (TPSA) is 105 Å². The van der Waals surface area contributed by atoms with E-state index in [0.717, 1.165) is 11.1 Å². The summed E-state index contributed by atoms with van der Waals surface area (Å²) < 4.78 is 11.3. The molecule has 3 aliphatic rings. The fourth-order valence-electron chi connectivity index (χ4n) is 5.61. The van der Waals surface area contributed by atoms with Crippen LogP contribution in [-0.2, 0) is 19.1 Å². The van der Waals surface area contributed by atoms with E-state index in [1.165, 1.54) is 11.1 Å². The SMILES string of the molecule is O=C(O)CC1CCN(C(=O)C2OCCC2CNC(=O)OCC2c3ccccc3-c3ccccc32)C1. The summed E-state index contributed by atoms with van der Waals surface area (Å²) in [5.41, 5.74) is 4.66. The Morgan fingerprint density at radius 3 is 2.40 bits per heavy atom. The van der Waals surface area contributed by atoms with Gasteiger partial charge in [-0.15, -0.1) is 0 Å². The summed E-state index contributed by atoms with van der Waals surface area (Å²) in [7, 11) is 0. The number of nitrogens with one attached hydrogen (secondary N) is 1. The number of carbonyl (C=O) groups excluding carboxylic acids is 2. The Labute approximate surface area is 204 Å². The molecule has 2 heterocycles. The number of benzene rings is 2. The van der Waals surface area contributed by atoms with Gasteiger partial charge in [0.05, 0.1) is 0 Å². The van der Waals surface area contributed by atoms with E-state index >= 15 is 0 Å². The van der Waals surface area contributed by atoms with Crippen LogP contribution < -0.4 is 5.32 Å². The predicted molar refractivity (Wildman–Crippen MR) is 128 cm³/mol. The number of amides is 2. The number of ether oxygens (including phenoxy) is 2. The monoisotopic (exact) mass is 478 g/mol. The molecule has 5 rings (SSSR count). The van der Waals surface area contributed by atoms with Gasteiger partial charge in [0, 0.05) is 44.5 Å². The molecule has 3 atom stereocenters. The third-order valence-corrected chi connectivity index (χ3v) is 7.37. The van der Waals surface area contributed by atoms with E-state index in [9.17, 15) is 14.4 Å². The van der Waals surface area contributed by atoms with E-state index in [4.69, 9.17) is 14.6 Å². The molecule has 0 saturated carbocycles. The van der Waals surface area contributed by atoms with Gasteiger partial charge in [0.25, 0.3) is 5.91 Å². The first kappa shape index (κ1) is 23.4. The van der Waals surface area contributed by atoms with Crippen molar-refractivity contribution in [3.63, 3.8) is 0 Å². The molecule has 0 bridgehead atoms. The minimum absolute atomic E-state index is 0.00814. The summed E-state index contributed by atoms with van der Waals surface area (Å²) in [4.78, 5) is 38.2. The molecule has 3 unspecified atom stereocenters. The van der Waals surface area contributed by atoms with E-state index in [1.54, 1.807) is 4.90 Å². The summed E-state index contributed by atoms with van der Waals surface area (Å²) in [6.07, 6.45) is 0.308. The van der Waals surface area contributed by atoms with E-state index in [1.807, 2.05) is 24.3 Å². The van der Waals surface area contributed by atoms with Crippen molar-refractivity contribution in [3.8, 4) is 11.1 Å². The predicted octanol–water partition coefficient (Wildman–Crippen LogP) is 3.25. The first-order valence-corrected chi connectivity index (χ1v) is 12.2. The standard InChI is InChI=1S/C27H30N2O6/c30-24(31)13-17-9-11-29(15-17)26(32)25-18(10-12-34-25)14-28-27(33)35-16-23-21-7-3-1-5-19(21)20-6-2-4-8-22(20)23/h1-8,17-18,23,25H,9-16H2,(H,28,33)(H,30,31). The number of hydrogen-bond acceptors (Lipinski definition) is 5. The molecule has 1 aliphatic carbocycles. The highest BCUT2D eigenvalue weighted by molar-refractivity contribution is 5.82. The highest BCUT2D eigenvalue weighted by atomic mass is 16.5. The molecule has 0 spiro atoms. The molecule has 2 amide bonds. The molecule has 2 N–H and O–H groups in total. The Balaban J connectivity index is 1.13. The summed E-state index contributed by atoms with van der Waals surface area (Å²) in [5, 5.41) is 11.8. The van der Waals surface area contributed by atoms with Crippen LogP contribution in [0.3, 0.4) is 0 Å². The average Bonchev–Trinajstić information content (AvgIpc) is 3.58. The fourth-order valence-corrected chi connectivity index (χ4v) is 5.61. The van der Waals surface area contributed by atoms with Crippen LogP contribution >= 0.6 is 0 Å². The van der Waals surface area contributed by atoms with Gasteiger partial charge >= 0.3 is 12.1 Å². The molecule has 0 radical (unpaired) electrons. The molecule has 2 fully saturated rings. The molecule has 184 valence electrons. The first-order valence-electron chi connectivity index (χ1n) is 12.2. The minimum Gasteiger partial charge on any atom is -0.481 e. The maximum Gasteiger partial charge on any atom is 0.407 e. The lowest BCUT2D eigenvalue weighted by molar-refractivity contribution is -0.142. The van der Waals surface area contributed by atoms with Crippen LogP contribution in [0.25, 0.3) is 11.1 Å². The van der Waals surface area contributed by atoms with Gasteiger partial charge in [0.1, 0.15) is 12.7 Å². The average molecular weight is 479 g/mol. The number of likely N-dealkylation sites (tertiary alicyclic amines) is 1. The molecule has 2 aromatic rings. The van der Waals surface area contributed by atoms with Crippen molar-refractivity contribution in [1.29, 1.82) is 0 Å². The number of hydrogen-bond donors (Lipinski definition) is 2. The molecule has 35 heavy (non-hydrogen) atoms. The summed E-state index contributed by atoms with van der Waals surface area (Å²) >= 11 is 0. The maximum absolute atomic E-state index is 13.0. The third kappa shape index (κ3) is 4.89. The number of carbonyl (C=O) groups is 3. The first-order chi connectivity index (χ1) is 17.0. The Morgan fingerprint density at radius 1 is 1.03 bits per heavy atom. The number of nitrogens with zero attached hydrogens (tertiary/aromatic N) is 1. The van der Waals surface area contributed by atoms with Gasteiger partial charge in [-0.25, -0.2) is 4.79 Å². The second-order valence-corrected chi connectivity index (χ2v) is 9.58. The van der Waals surface area contributed by atoms with Gasteiger partial charge < -0.3 is 24.8 Å². The van der Waals surface area contributed by atoms with E-state index in [0.29, 0.717) is 39.1 Å². The number of aliphatic carboxylic acids is 1. The molecule has 8 nitrogen and oxygen atoms in total. The van der Waals surface area contributed by atoms with E-state index in [2.05, 4.69) is 29.6 Å². The lowest BCUT2D eigenvalue weighted by Gasteiger charge is -2.24. The number of carboxylic acids is 1. The van der Waals surface area contributed by atoms with Crippen LogP contribution in [0.15, 0.2) is 48.5 Å². The third-order valence-electron chi connectivity index (χ3n) is 7.37. The Hall–Kier alpha value is -3.39. The zero-order chi connectivity index (χ0) is 24.4. The molecular formula is C27H30N2O6. The van der Waals surface area contributed by atoms with Crippen LogP contribution in [-0.4, -0.2) is 66.9 Å². The van der Waals surface area contributed by atoms with Crippen molar-refractivity contribution in [2.45, 2.75) is 31.3 Å². The van der Waals surface area contributed by atoms with E-state index in [-0.39, 0.29) is 36.7 Å². The molecular weight excluding hydrogens is 448 g/mol. The molecule has 2 saturated heterocycles. The summed E-state index contributed by atoms with van der Waals surface area (Å²) in [6, 6.07) is 16.4. The largest absolute Gasteiger partial charge is 0.481 e. The van der Waals surface area contributed by atoms with Crippen molar-refractivity contribution in [1.82, 2.24) is 10.2 Å². The summed E-state index contributed by atoms with van der Waals surface area (Å²) in [5.74, 6) is -1.12. The van der Waals surface area contributed by atoms with Gasteiger partial charge in [0.15, 0.2) is 0 Å². The smallest absolute Gasteiger partial charge is 0.407 e. The highest BCUT2D eigenvalue weighted by Gasteiger charge is 2.39. The van der Waals surface area contributed by atoms with Crippen LogP contribution in [0.1, 0.15) is 36.3 Å². The second-order valence-electron chi connectivity index (χ2n) is 9.58. The number of carboxylic acid groups (broad SMARTS) is 1. The van der Waals surface area contributed by atoms with Gasteiger partial charge in [-0.05, 0) is 41.0 Å². The van der Waals surface area contributed by atoms with E-state index < -0.39 is 18.2 Å². The molecule has 2 aromatic carbocycles. The summed E-state index contributed by atoms with van der Waals surface area (Å²) in [6.45, 7) is 1.97. The van der Waals surface area contributed by atoms with Crippen LogP contribution in [0.2, 0.25) is 0 Å². The Kier molecular flexibility index (Phi) is 6.72. The van der Waals surface area contributed by atoms with Crippen molar-refractivity contribution in [2.24, 2.45) is 11.8 Å². The Morgan fingerprint density at radius 2 is 1.71 bits per heavy atom. The van der Waals surface area contributed by atoms with Crippen LogP contribution in [0.5, 0.6) is 0 Å². The second kappa shape index (κ2) is 10.1. The minimum atomic E-state index is -0.841. The fraction of sp³-hybridized carbons (Fsp3) is 0.444. The molecule has 0 aromatic heterocycles. The Bertz CT molecular complexity index is 1070. The highest BCUT2D eigenvalue weighted by Crippen LogP contribution is 2.44. The van der Waals surface area contributed by atoms with Crippen molar-refractivity contribution in [3.05, 3.63) is 59.7 Å². The van der Waals surface area contributed by atoms with Crippen molar-refractivity contribution < 1.29 is 29.0 Å². The maximum atomic E-state index is 13.0.